The van der Waals surface area contributed by atoms with Crippen LogP contribution >= 0.6 is 0 Å². The molecule has 0 radical (unpaired) electrons. The molecule has 7 nitrogen and oxygen atoms in total. The summed E-state index contributed by atoms with van der Waals surface area (Å²) in [5.41, 5.74) is 2.53. The van der Waals surface area contributed by atoms with E-state index < -0.39 is 0 Å². The second kappa shape index (κ2) is 10.5. The first-order valence-electron chi connectivity index (χ1n) is 14.4. The van der Waals surface area contributed by atoms with Gasteiger partial charge < -0.3 is 19.7 Å². The first-order valence-corrected chi connectivity index (χ1v) is 14.4. The molecular formula is C32H38N4O3. The fraction of sp³-hybridized carbons (Fsp3) is 0.469. The summed E-state index contributed by atoms with van der Waals surface area (Å²) in [6.45, 7) is 2.98. The van der Waals surface area contributed by atoms with Crippen molar-refractivity contribution in [2.75, 3.05) is 26.2 Å². The van der Waals surface area contributed by atoms with Crippen LogP contribution < -0.4 is 5.32 Å². The van der Waals surface area contributed by atoms with Crippen LogP contribution in [0.2, 0.25) is 0 Å². The summed E-state index contributed by atoms with van der Waals surface area (Å²) in [5, 5.41) is 4.26. The summed E-state index contributed by atoms with van der Waals surface area (Å²) in [6.07, 6.45) is 6.57. The molecule has 1 saturated carbocycles. The molecule has 0 bridgehead atoms. The largest absolute Gasteiger partial charge is 0.349 e. The minimum atomic E-state index is -0.158. The van der Waals surface area contributed by atoms with Gasteiger partial charge >= 0.3 is 0 Å². The molecule has 3 heterocycles. The van der Waals surface area contributed by atoms with Gasteiger partial charge in [0.15, 0.2) is 0 Å². The Kier molecular flexibility index (Phi) is 6.92. The third-order valence-electron chi connectivity index (χ3n) is 9.47. The van der Waals surface area contributed by atoms with Crippen LogP contribution in [0.25, 0.3) is 10.9 Å². The van der Waals surface area contributed by atoms with E-state index >= 15 is 0 Å². The predicted octanol–water partition coefficient (Wildman–Crippen LogP) is 4.62. The number of nitrogens with one attached hydrogen (secondary N) is 1. The summed E-state index contributed by atoms with van der Waals surface area (Å²) in [4.78, 5) is 44.0. The number of carbonyl (C=O) groups is 3. The molecule has 2 saturated heterocycles. The van der Waals surface area contributed by atoms with Gasteiger partial charge in [0.1, 0.15) is 5.69 Å². The Hall–Kier alpha value is -3.61. The van der Waals surface area contributed by atoms with Crippen molar-refractivity contribution in [2.45, 2.75) is 51.0 Å². The quantitative estimate of drug-likeness (QED) is 0.539. The molecule has 1 aromatic heterocycles. The summed E-state index contributed by atoms with van der Waals surface area (Å²) in [7, 11) is 1.96. The van der Waals surface area contributed by atoms with Crippen LogP contribution in [0.4, 0.5) is 0 Å². The molecule has 2 aromatic carbocycles. The molecule has 204 valence electrons. The second-order valence-electron chi connectivity index (χ2n) is 11.8. The molecule has 3 fully saturated rings. The van der Waals surface area contributed by atoms with Crippen molar-refractivity contribution in [1.82, 2.24) is 19.7 Å². The van der Waals surface area contributed by atoms with Crippen LogP contribution in [0.5, 0.6) is 0 Å². The third-order valence-corrected chi connectivity index (χ3v) is 9.47. The van der Waals surface area contributed by atoms with Gasteiger partial charge in [-0.3, -0.25) is 14.4 Å². The second-order valence-corrected chi connectivity index (χ2v) is 11.8. The van der Waals surface area contributed by atoms with E-state index in [4.69, 9.17) is 0 Å². The minimum Gasteiger partial charge on any atom is -0.349 e. The molecule has 3 amide bonds. The van der Waals surface area contributed by atoms with Gasteiger partial charge in [-0.05, 0) is 61.8 Å². The number of piperidine rings is 1. The highest BCUT2D eigenvalue weighted by atomic mass is 16.2. The first kappa shape index (κ1) is 25.7. The molecule has 3 aliphatic rings. The SMILES string of the molecule is Cn1c(C(=O)N2CCC3(CC2)CCN(C(=O)[C@H]2CCCC[C@H]2NC(=O)c2ccccc2)C3)cc2ccccc21. The lowest BCUT2D eigenvalue weighted by atomic mass is 9.77. The fourth-order valence-electron chi connectivity index (χ4n) is 7.05. The molecule has 3 aromatic rings. The third kappa shape index (κ3) is 4.95. The highest BCUT2D eigenvalue weighted by Gasteiger charge is 2.45. The first-order chi connectivity index (χ1) is 18.9. The van der Waals surface area contributed by atoms with E-state index in [9.17, 15) is 14.4 Å². The Labute approximate surface area is 230 Å². The van der Waals surface area contributed by atoms with E-state index in [0.717, 1.165) is 87.7 Å². The van der Waals surface area contributed by atoms with E-state index in [1.807, 2.05) is 77.2 Å². The predicted molar refractivity (Wildman–Crippen MR) is 151 cm³/mol. The van der Waals surface area contributed by atoms with Crippen molar-refractivity contribution < 1.29 is 14.4 Å². The Morgan fingerprint density at radius 1 is 0.846 bits per heavy atom. The number of aromatic nitrogens is 1. The molecule has 1 spiro atoms. The number of amides is 3. The van der Waals surface area contributed by atoms with Crippen molar-refractivity contribution in [3.63, 3.8) is 0 Å². The monoisotopic (exact) mass is 526 g/mol. The molecule has 6 rings (SSSR count). The van der Waals surface area contributed by atoms with E-state index in [1.165, 1.54) is 0 Å². The molecule has 2 atom stereocenters. The number of para-hydroxylation sites is 1. The normalized spacial score (nSPS) is 22.8. The van der Waals surface area contributed by atoms with Crippen LogP contribution in [0.1, 0.15) is 65.8 Å². The van der Waals surface area contributed by atoms with Crippen LogP contribution in [-0.4, -0.2) is 64.3 Å². The van der Waals surface area contributed by atoms with Crippen molar-refractivity contribution in [1.29, 1.82) is 0 Å². The zero-order valence-electron chi connectivity index (χ0n) is 22.8. The van der Waals surface area contributed by atoms with Crippen molar-refractivity contribution >= 4 is 28.6 Å². The maximum absolute atomic E-state index is 13.7. The summed E-state index contributed by atoms with van der Waals surface area (Å²) in [5.74, 6) is 0.0312. The van der Waals surface area contributed by atoms with E-state index in [1.54, 1.807) is 0 Å². The molecule has 2 aliphatic heterocycles. The average molecular weight is 527 g/mol. The lowest BCUT2D eigenvalue weighted by Gasteiger charge is -2.40. The average Bonchev–Trinajstić information content (AvgIpc) is 3.54. The summed E-state index contributed by atoms with van der Waals surface area (Å²) < 4.78 is 2.00. The van der Waals surface area contributed by atoms with Crippen LogP contribution in [-0.2, 0) is 11.8 Å². The number of carbonyl (C=O) groups excluding carboxylic acids is 3. The van der Waals surface area contributed by atoms with E-state index in [-0.39, 0.29) is 35.1 Å². The van der Waals surface area contributed by atoms with Gasteiger partial charge in [-0.25, -0.2) is 0 Å². The standard InChI is InChI=1S/C32H38N4O3/c1-34-27-14-8-5-11-24(27)21-28(34)31(39)35-18-15-32(16-19-35)17-20-36(22-32)30(38)25-12-6-7-13-26(25)33-29(37)23-9-3-2-4-10-23/h2-5,8-11,14,21,25-26H,6-7,12-13,15-20,22H2,1H3,(H,33,37)/t25-,26+/m0/s1. The van der Waals surface area contributed by atoms with Crippen molar-refractivity contribution in [3.8, 4) is 0 Å². The zero-order valence-corrected chi connectivity index (χ0v) is 22.8. The topological polar surface area (TPSA) is 74.7 Å². The molecule has 7 heteroatoms. The number of hydrogen-bond acceptors (Lipinski definition) is 3. The van der Waals surface area contributed by atoms with Crippen molar-refractivity contribution in [2.24, 2.45) is 18.4 Å². The Morgan fingerprint density at radius 2 is 1.51 bits per heavy atom. The highest BCUT2D eigenvalue weighted by molar-refractivity contribution is 5.99. The Balaban J connectivity index is 1.07. The molecule has 39 heavy (non-hydrogen) atoms. The van der Waals surface area contributed by atoms with E-state index in [2.05, 4.69) is 10.2 Å². The lowest BCUT2D eigenvalue weighted by molar-refractivity contribution is -0.136. The summed E-state index contributed by atoms with van der Waals surface area (Å²) in [6, 6.07) is 19.2. The molecule has 0 unspecified atom stereocenters. The Bertz CT molecular complexity index is 1370. The van der Waals surface area contributed by atoms with Gasteiger partial charge in [0, 0.05) is 55.7 Å². The fourth-order valence-corrected chi connectivity index (χ4v) is 7.05. The molecule has 1 N–H and O–H groups in total. The number of fused-ring (bicyclic) bond motifs is 1. The van der Waals surface area contributed by atoms with Gasteiger partial charge in [-0.15, -0.1) is 0 Å². The maximum Gasteiger partial charge on any atom is 0.270 e. The van der Waals surface area contributed by atoms with Crippen LogP contribution in [0.3, 0.4) is 0 Å². The maximum atomic E-state index is 13.7. The smallest absolute Gasteiger partial charge is 0.270 e. The van der Waals surface area contributed by atoms with Gasteiger partial charge in [0.25, 0.3) is 11.8 Å². The van der Waals surface area contributed by atoms with Crippen LogP contribution in [0, 0.1) is 11.3 Å². The number of hydrogen-bond donors (Lipinski definition) is 1. The number of benzene rings is 2. The lowest BCUT2D eigenvalue weighted by Crippen LogP contribution is -2.50. The molecular weight excluding hydrogens is 488 g/mol. The van der Waals surface area contributed by atoms with Gasteiger partial charge in [-0.1, -0.05) is 49.2 Å². The van der Waals surface area contributed by atoms with Gasteiger partial charge in [0.2, 0.25) is 5.91 Å². The minimum absolute atomic E-state index is 0.0861. The van der Waals surface area contributed by atoms with Gasteiger partial charge in [0.05, 0.1) is 5.92 Å². The highest BCUT2D eigenvalue weighted by Crippen LogP contribution is 2.42. The zero-order chi connectivity index (χ0) is 27.0. The molecule has 1 aliphatic carbocycles. The van der Waals surface area contributed by atoms with Gasteiger partial charge in [-0.2, -0.15) is 0 Å². The number of nitrogens with zero attached hydrogens (tertiary/aromatic N) is 3. The Morgan fingerprint density at radius 3 is 2.26 bits per heavy atom. The van der Waals surface area contributed by atoms with Crippen molar-refractivity contribution in [3.05, 3.63) is 71.9 Å². The van der Waals surface area contributed by atoms with E-state index in [0.29, 0.717) is 5.56 Å². The number of rotatable bonds is 4. The number of likely N-dealkylation sites (tertiary alicyclic amines) is 2. The van der Waals surface area contributed by atoms with Crippen LogP contribution in [0.15, 0.2) is 60.7 Å². The summed E-state index contributed by atoms with van der Waals surface area (Å²) >= 11 is 0. The number of aryl methyl sites for hydroxylation is 1.